The molecule has 3 rings (SSSR count). The lowest BCUT2D eigenvalue weighted by atomic mass is 10.0. The molecule has 1 atom stereocenters. The van der Waals surface area contributed by atoms with Gasteiger partial charge in [-0.3, -0.25) is 13.9 Å². The molecule has 40 heavy (non-hydrogen) atoms. The Morgan fingerprint density at radius 1 is 0.950 bits per heavy atom. The van der Waals surface area contributed by atoms with E-state index in [0.29, 0.717) is 17.3 Å². The van der Waals surface area contributed by atoms with E-state index in [0.717, 1.165) is 21.7 Å². The van der Waals surface area contributed by atoms with E-state index in [9.17, 15) is 18.0 Å². The summed E-state index contributed by atoms with van der Waals surface area (Å²) in [4.78, 5) is 29.1. The van der Waals surface area contributed by atoms with E-state index in [-0.39, 0.29) is 30.5 Å². The van der Waals surface area contributed by atoms with Gasteiger partial charge in [0, 0.05) is 24.5 Å². The second-order valence-electron chi connectivity index (χ2n) is 9.97. The van der Waals surface area contributed by atoms with Crippen LogP contribution in [-0.2, 0) is 32.6 Å². The molecule has 0 spiro atoms. The van der Waals surface area contributed by atoms with Gasteiger partial charge in [0.1, 0.15) is 18.3 Å². The molecule has 2 amide bonds. The average Bonchev–Trinajstić information content (AvgIpc) is 2.92. The van der Waals surface area contributed by atoms with Crippen LogP contribution in [0.2, 0.25) is 5.02 Å². The van der Waals surface area contributed by atoms with Crippen LogP contribution < -0.4 is 14.4 Å². The second-order valence-corrected chi connectivity index (χ2v) is 12.3. The Morgan fingerprint density at radius 2 is 1.62 bits per heavy atom. The van der Waals surface area contributed by atoms with Crippen molar-refractivity contribution in [3.8, 4) is 5.75 Å². The van der Waals surface area contributed by atoms with Crippen molar-refractivity contribution in [3.63, 3.8) is 0 Å². The Labute approximate surface area is 241 Å². The van der Waals surface area contributed by atoms with Crippen molar-refractivity contribution in [1.29, 1.82) is 0 Å². The summed E-state index contributed by atoms with van der Waals surface area (Å²) in [7, 11) is -2.32. The lowest BCUT2D eigenvalue weighted by molar-refractivity contribution is -0.140. The molecule has 0 bridgehead atoms. The van der Waals surface area contributed by atoms with Crippen LogP contribution in [0.5, 0.6) is 5.75 Å². The van der Waals surface area contributed by atoms with Crippen molar-refractivity contribution in [2.24, 2.45) is 5.92 Å². The maximum atomic E-state index is 14.1. The van der Waals surface area contributed by atoms with Crippen molar-refractivity contribution in [2.75, 3.05) is 30.8 Å². The summed E-state index contributed by atoms with van der Waals surface area (Å²) in [5.74, 6) is -0.0471. The fourth-order valence-electron chi connectivity index (χ4n) is 4.19. The summed E-state index contributed by atoms with van der Waals surface area (Å²) < 4.78 is 32.0. The van der Waals surface area contributed by atoms with E-state index in [4.69, 9.17) is 16.3 Å². The molecule has 0 fully saturated rings. The highest BCUT2D eigenvalue weighted by Gasteiger charge is 2.33. The quantitative estimate of drug-likeness (QED) is 0.318. The van der Waals surface area contributed by atoms with Gasteiger partial charge in [-0.15, -0.1) is 0 Å². The van der Waals surface area contributed by atoms with E-state index in [1.54, 1.807) is 43.5 Å². The maximum absolute atomic E-state index is 14.1. The molecule has 0 aliphatic rings. The molecule has 0 saturated carbocycles. The molecule has 3 aromatic carbocycles. The summed E-state index contributed by atoms with van der Waals surface area (Å²) in [5, 5.41) is 3.30. The average molecular weight is 586 g/mol. The molecule has 0 aliphatic carbocycles. The van der Waals surface area contributed by atoms with Crippen LogP contribution in [0.3, 0.4) is 0 Å². The molecule has 0 radical (unpaired) electrons. The smallest absolute Gasteiger partial charge is 0.244 e. The number of sulfonamides is 1. The fraction of sp³-hybridized carbons (Fsp3) is 0.333. The third-order valence-electron chi connectivity index (χ3n) is 6.22. The minimum Gasteiger partial charge on any atom is -0.497 e. The van der Waals surface area contributed by atoms with E-state index in [2.05, 4.69) is 5.32 Å². The summed E-state index contributed by atoms with van der Waals surface area (Å²) in [6.45, 7) is 3.96. The van der Waals surface area contributed by atoms with Crippen LogP contribution in [0.4, 0.5) is 5.69 Å². The number of methoxy groups -OCH3 is 1. The molecule has 10 heteroatoms. The third-order valence-corrected chi connectivity index (χ3v) is 7.59. The summed E-state index contributed by atoms with van der Waals surface area (Å²) >= 11 is 6.13. The Kier molecular flexibility index (Phi) is 11.0. The van der Waals surface area contributed by atoms with Gasteiger partial charge >= 0.3 is 0 Å². The van der Waals surface area contributed by atoms with Crippen molar-refractivity contribution in [3.05, 3.63) is 95.0 Å². The zero-order valence-electron chi connectivity index (χ0n) is 23.2. The lowest BCUT2D eigenvalue weighted by Gasteiger charge is -2.33. The van der Waals surface area contributed by atoms with Gasteiger partial charge in [-0.05, 0) is 47.4 Å². The third kappa shape index (κ3) is 8.99. The number of ether oxygens (including phenoxy) is 1. The molecule has 0 aliphatic heterocycles. The summed E-state index contributed by atoms with van der Waals surface area (Å²) in [6.07, 6.45) is 1.28. The van der Waals surface area contributed by atoms with Crippen LogP contribution in [0, 0.1) is 5.92 Å². The fourth-order valence-corrected chi connectivity index (χ4v) is 5.21. The summed E-state index contributed by atoms with van der Waals surface area (Å²) in [5.41, 5.74) is 1.86. The predicted octanol–water partition coefficient (Wildman–Crippen LogP) is 4.53. The number of benzene rings is 3. The number of halogens is 1. The molecule has 0 aromatic heterocycles. The minimum absolute atomic E-state index is 0.0653. The first-order valence-electron chi connectivity index (χ1n) is 12.9. The molecule has 1 unspecified atom stereocenters. The number of nitrogens with one attached hydrogen (secondary N) is 1. The van der Waals surface area contributed by atoms with Crippen LogP contribution in [0.1, 0.15) is 25.0 Å². The van der Waals surface area contributed by atoms with E-state index in [1.165, 1.54) is 11.0 Å². The van der Waals surface area contributed by atoms with E-state index < -0.39 is 28.5 Å². The molecular weight excluding hydrogens is 550 g/mol. The van der Waals surface area contributed by atoms with Crippen molar-refractivity contribution in [1.82, 2.24) is 10.2 Å². The normalized spacial score (nSPS) is 12.1. The largest absolute Gasteiger partial charge is 0.497 e. The number of carbonyl (C=O) groups excluding carboxylic acids is 2. The van der Waals surface area contributed by atoms with Gasteiger partial charge in [0.05, 0.1) is 19.1 Å². The van der Waals surface area contributed by atoms with Crippen LogP contribution in [0.25, 0.3) is 0 Å². The van der Waals surface area contributed by atoms with Crippen LogP contribution in [-0.4, -0.2) is 57.6 Å². The zero-order valence-corrected chi connectivity index (χ0v) is 24.8. The second kappa shape index (κ2) is 14.2. The molecule has 3 aromatic rings. The SMILES string of the molecule is COc1cccc(CN(C(=O)CN(c2cccc(Cl)c2)S(C)(=O)=O)C(Cc2ccccc2)C(=O)NCC(C)C)c1. The van der Waals surface area contributed by atoms with Gasteiger partial charge in [0.25, 0.3) is 0 Å². The number of rotatable bonds is 13. The molecule has 0 heterocycles. The van der Waals surface area contributed by atoms with Crippen molar-refractivity contribution >= 4 is 39.1 Å². The van der Waals surface area contributed by atoms with Gasteiger partial charge in [-0.25, -0.2) is 8.42 Å². The Morgan fingerprint density at radius 3 is 2.25 bits per heavy atom. The minimum atomic E-state index is -3.87. The van der Waals surface area contributed by atoms with Gasteiger partial charge in [0.2, 0.25) is 21.8 Å². The van der Waals surface area contributed by atoms with E-state index >= 15 is 0 Å². The van der Waals surface area contributed by atoms with Crippen LogP contribution in [0.15, 0.2) is 78.9 Å². The molecular formula is C30H36ClN3O5S. The molecule has 214 valence electrons. The lowest BCUT2D eigenvalue weighted by Crippen LogP contribution is -2.53. The number of carbonyl (C=O) groups is 2. The first kappa shape index (κ1) is 31.0. The number of nitrogens with zero attached hydrogens (tertiary/aromatic N) is 2. The number of anilines is 1. The highest BCUT2D eigenvalue weighted by molar-refractivity contribution is 7.92. The highest BCUT2D eigenvalue weighted by atomic mass is 35.5. The Hall–Kier alpha value is -3.56. The van der Waals surface area contributed by atoms with Gasteiger partial charge < -0.3 is 15.0 Å². The zero-order chi connectivity index (χ0) is 29.3. The Balaban J connectivity index is 2.06. The monoisotopic (exact) mass is 585 g/mol. The van der Waals surface area contributed by atoms with Gasteiger partial charge in [0.15, 0.2) is 0 Å². The number of hydrogen-bond acceptors (Lipinski definition) is 5. The topological polar surface area (TPSA) is 96.0 Å². The highest BCUT2D eigenvalue weighted by Crippen LogP contribution is 2.24. The Bertz CT molecular complexity index is 1400. The summed E-state index contributed by atoms with van der Waals surface area (Å²) in [6, 6.07) is 22.0. The standard InChI is InChI=1S/C30H36ClN3O5S/c1-22(2)19-32-30(36)28(17-23-10-6-5-7-11-23)33(20-24-12-8-15-27(16-24)39-3)29(35)21-34(40(4,37)38)26-14-9-13-25(31)18-26/h5-16,18,22,28H,17,19-21H2,1-4H3,(H,32,36). The van der Waals surface area contributed by atoms with Crippen LogP contribution >= 0.6 is 11.6 Å². The van der Waals surface area contributed by atoms with Crippen molar-refractivity contribution < 1.29 is 22.7 Å². The first-order chi connectivity index (χ1) is 19.0. The predicted molar refractivity (Wildman–Crippen MR) is 159 cm³/mol. The molecule has 8 nitrogen and oxygen atoms in total. The molecule has 1 N–H and O–H groups in total. The van der Waals surface area contributed by atoms with E-state index in [1.807, 2.05) is 50.2 Å². The maximum Gasteiger partial charge on any atom is 0.244 e. The van der Waals surface area contributed by atoms with Crippen molar-refractivity contribution in [2.45, 2.75) is 32.9 Å². The molecule has 0 saturated heterocycles. The van der Waals surface area contributed by atoms with Gasteiger partial charge in [-0.1, -0.05) is 74.0 Å². The van der Waals surface area contributed by atoms with Gasteiger partial charge in [-0.2, -0.15) is 0 Å². The first-order valence-corrected chi connectivity index (χ1v) is 15.2. The number of amides is 2. The number of hydrogen-bond donors (Lipinski definition) is 1.